The molecule has 2 nitrogen and oxygen atoms in total. The van der Waals surface area contributed by atoms with E-state index < -0.39 is 0 Å². The average Bonchev–Trinajstić information content (AvgIpc) is 2.45. The second kappa shape index (κ2) is 6.35. The minimum absolute atomic E-state index is 0.00610. The first kappa shape index (κ1) is 16.3. The summed E-state index contributed by atoms with van der Waals surface area (Å²) in [5.74, 6) is -0.0202. The molecule has 0 spiro atoms. The maximum Gasteiger partial charge on any atom is 0.251 e. The van der Waals surface area contributed by atoms with Gasteiger partial charge in [-0.2, -0.15) is 0 Å². The predicted octanol–water partition coefficient (Wildman–Crippen LogP) is 4.72. The largest absolute Gasteiger partial charge is 0.346 e. The summed E-state index contributed by atoms with van der Waals surface area (Å²) in [4.78, 5) is 12.4. The van der Waals surface area contributed by atoms with Gasteiger partial charge in [0.05, 0.1) is 6.04 Å². The molecule has 1 N–H and O–H groups in total. The summed E-state index contributed by atoms with van der Waals surface area (Å²) in [5, 5.41) is 3.11. The fourth-order valence-electron chi connectivity index (χ4n) is 2.69. The lowest BCUT2D eigenvalue weighted by atomic mass is 9.96. The lowest BCUT2D eigenvalue weighted by Crippen LogP contribution is -2.27. The molecule has 0 heterocycles. The van der Waals surface area contributed by atoms with E-state index in [1.165, 1.54) is 27.8 Å². The van der Waals surface area contributed by atoms with Crippen LogP contribution >= 0.6 is 0 Å². The molecule has 2 aromatic carbocycles. The number of carbonyl (C=O) groups is 1. The summed E-state index contributed by atoms with van der Waals surface area (Å²) in [6.07, 6.45) is 0. The van der Waals surface area contributed by atoms with E-state index >= 15 is 0 Å². The normalized spacial score (nSPS) is 12.1. The van der Waals surface area contributed by atoms with Gasteiger partial charge >= 0.3 is 0 Å². The van der Waals surface area contributed by atoms with Gasteiger partial charge in [0.25, 0.3) is 5.91 Å². The van der Waals surface area contributed by atoms with Gasteiger partial charge in [0.15, 0.2) is 0 Å². The lowest BCUT2D eigenvalue weighted by Gasteiger charge is -2.19. The van der Waals surface area contributed by atoms with Crippen molar-refractivity contribution < 1.29 is 4.79 Å². The van der Waals surface area contributed by atoms with Gasteiger partial charge in [0, 0.05) is 5.56 Å². The van der Waals surface area contributed by atoms with Gasteiger partial charge in [-0.25, -0.2) is 0 Å². The highest BCUT2D eigenvalue weighted by Crippen LogP contribution is 2.22. The van der Waals surface area contributed by atoms with E-state index in [2.05, 4.69) is 45.1 Å². The summed E-state index contributed by atoms with van der Waals surface area (Å²) in [6, 6.07) is 10.2. The molecular weight excluding hydrogens is 270 g/mol. The zero-order valence-corrected chi connectivity index (χ0v) is 14.4. The van der Waals surface area contributed by atoms with Crippen molar-refractivity contribution in [3.05, 3.63) is 69.3 Å². The Kier molecular flexibility index (Phi) is 4.70. The monoisotopic (exact) mass is 295 g/mol. The van der Waals surface area contributed by atoms with E-state index in [0.717, 1.165) is 11.1 Å². The number of aryl methyl sites for hydroxylation is 5. The van der Waals surface area contributed by atoms with Crippen molar-refractivity contribution in [2.24, 2.45) is 0 Å². The highest BCUT2D eigenvalue weighted by molar-refractivity contribution is 5.94. The van der Waals surface area contributed by atoms with Crippen molar-refractivity contribution in [2.75, 3.05) is 0 Å². The van der Waals surface area contributed by atoms with Crippen molar-refractivity contribution in [3.8, 4) is 0 Å². The minimum Gasteiger partial charge on any atom is -0.346 e. The van der Waals surface area contributed by atoms with Crippen LogP contribution in [0.5, 0.6) is 0 Å². The van der Waals surface area contributed by atoms with Crippen LogP contribution in [-0.2, 0) is 0 Å². The van der Waals surface area contributed by atoms with Crippen LogP contribution in [0.25, 0.3) is 0 Å². The number of hydrogen-bond donors (Lipinski definition) is 1. The van der Waals surface area contributed by atoms with Crippen LogP contribution in [-0.4, -0.2) is 5.91 Å². The number of carbonyl (C=O) groups excluding carboxylic acids is 1. The van der Waals surface area contributed by atoms with Crippen LogP contribution in [0.1, 0.15) is 56.7 Å². The molecule has 2 heteroatoms. The highest BCUT2D eigenvalue weighted by Gasteiger charge is 2.14. The Morgan fingerprint density at radius 3 is 2.05 bits per heavy atom. The molecule has 0 bridgehead atoms. The van der Waals surface area contributed by atoms with Crippen LogP contribution in [0, 0.1) is 34.6 Å². The van der Waals surface area contributed by atoms with Gasteiger partial charge in [-0.3, -0.25) is 4.79 Å². The van der Waals surface area contributed by atoms with Gasteiger partial charge in [0.2, 0.25) is 0 Å². The van der Waals surface area contributed by atoms with Gasteiger partial charge in [-0.1, -0.05) is 18.2 Å². The Morgan fingerprint density at radius 2 is 1.41 bits per heavy atom. The van der Waals surface area contributed by atoms with Crippen molar-refractivity contribution in [1.29, 1.82) is 0 Å². The predicted molar refractivity (Wildman–Crippen MR) is 92.5 cm³/mol. The molecule has 22 heavy (non-hydrogen) atoms. The molecule has 0 fully saturated rings. The molecule has 116 valence electrons. The first-order chi connectivity index (χ1) is 10.3. The Bertz CT molecular complexity index is 716. The summed E-state index contributed by atoms with van der Waals surface area (Å²) in [6.45, 7) is 12.4. The summed E-state index contributed by atoms with van der Waals surface area (Å²) in [7, 11) is 0. The van der Waals surface area contributed by atoms with Crippen LogP contribution < -0.4 is 5.32 Å². The third-order valence-electron chi connectivity index (χ3n) is 4.47. The summed E-state index contributed by atoms with van der Waals surface area (Å²) in [5.41, 5.74) is 8.01. The topological polar surface area (TPSA) is 29.1 Å². The van der Waals surface area contributed by atoms with Gasteiger partial charge in [-0.15, -0.1) is 0 Å². The van der Waals surface area contributed by atoms with Gasteiger partial charge in [0.1, 0.15) is 0 Å². The highest BCUT2D eigenvalue weighted by atomic mass is 16.1. The second-order valence-corrected chi connectivity index (χ2v) is 6.29. The van der Waals surface area contributed by atoms with Crippen LogP contribution in [0.3, 0.4) is 0 Å². The molecular formula is C20H25NO. The Morgan fingerprint density at radius 1 is 0.818 bits per heavy atom. The molecule has 0 unspecified atom stereocenters. The van der Waals surface area contributed by atoms with E-state index in [9.17, 15) is 4.79 Å². The molecule has 0 aromatic heterocycles. The number of amides is 1. The van der Waals surface area contributed by atoms with Crippen molar-refractivity contribution in [2.45, 2.75) is 47.6 Å². The van der Waals surface area contributed by atoms with E-state index in [-0.39, 0.29) is 11.9 Å². The molecule has 0 aliphatic rings. The first-order valence-electron chi connectivity index (χ1n) is 7.75. The molecule has 2 aromatic rings. The van der Waals surface area contributed by atoms with Gasteiger partial charge in [-0.05, 0) is 87.1 Å². The molecule has 1 atom stereocenters. The molecule has 0 radical (unpaired) electrons. The zero-order chi connectivity index (χ0) is 16.4. The third-order valence-corrected chi connectivity index (χ3v) is 4.47. The molecule has 1 amide bonds. The molecule has 0 saturated carbocycles. The molecule has 2 rings (SSSR count). The SMILES string of the molecule is Cc1ccc(C(=O)N[C@H](C)c2cc(C)c(C)cc2C)cc1C. The number of benzene rings is 2. The van der Waals surface area contributed by atoms with Crippen LogP contribution in [0.2, 0.25) is 0 Å². The smallest absolute Gasteiger partial charge is 0.251 e. The first-order valence-corrected chi connectivity index (χ1v) is 7.75. The standard InChI is InChI=1S/C20H25NO/c1-12-7-8-18(10-14(12)3)20(22)21-17(6)19-11-15(4)13(2)9-16(19)5/h7-11,17H,1-6H3,(H,21,22)/t17-/m1/s1. The number of nitrogens with one attached hydrogen (secondary N) is 1. The lowest BCUT2D eigenvalue weighted by molar-refractivity contribution is 0.0939. The maximum atomic E-state index is 12.4. The van der Waals surface area contributed by atoms with E-state index in [0.29, 0.717) is 0 Å². The number of rotatable bonds is 3. The molecule has 0 saturated heterocycles. The van der Waals surface area contributed by atoms with Crippen molar-refractivity contribution >= 4 is 5.91 Å². The Balaban J connectivity index is 2.21. The Hall–Kier alpha value is -2.09. The summed E-state index contributed by atoms with van der Waals surface area (Å²) >= 11 is 0. The Labute approximate surface area is 133 Å². The maximum absolute atomic E-state index is 12.4. The van der Waals surface area contributed by atoms with Crippen molar-refractivity contribution in [1.82, 2.24) is 5.32 Å². The average molecular weight is 295 g/mol. The van der Waals surface area contributed by atoms with E-state index in [1.54, 1.807) is 0 Å². The number of hydrogen-bond acceptors (Lipinski definition) is 1. The fraction of sp³-hybridized carbons (Fsp3) is 0.350. The summed E-state index contributed by atoms with van der Waals surface area (Å²) < 4.78 is 0. The van der Waals surface area contributed by atoms with E-state index in [4.69, 9.17) is 0 Å². The third kappa shape index (κ3) is 3.38. The zero-order valence-electron chi connectivity index (χ0n) is 14.4. The molecule has 0 aliphatic carbocycles. The quantitative estimate of drug-likeness (QED) is 0.872. The second-order valence-electron chi connectivity index (χ2n) is 6.29. The molecule has 0 aliphatic heterocycles. The van der Waals surface area contributed by atoms with Gasteiger partial charge < -0.3 is 5.32 Å². The van der Waals surface area contributed by atoms with Crippen LogP contribution in [0.4, 0.5) is 0 Å². The van der Waals surface area contributed by atoms with E-state index in [1.807, 2.05) is 32.0 Å². The van der Waals surface area contributed by atoms with Crippen LogP contribution in [0.15, 0.2) is 30.3 Å². The fourth-order valence-corrected chi connectivity index (χ4v) is 2.69. The minimum atomic E-state index is -0.0202. The van der Waals surface area contributed by atoms with Crippen molar-refractivity contribution in [3.63, 3.8) is 0 Å².